The Hall–Kier alpha value is -0.810. The third-order valence-corrected chi connectivity index (χ3v) is 3.32. The zero-order chi connectivity index (χ0) is 11.7. The first-order valence-electron chi connectivity index (χ1n) is 5.30. The molecular formula is C11H14BrNO3. The first-order valence-corrected chi connectivity index (χ1v) is 6.09. The molecule has 16 heavy (non-hydrogen) atoms. The molecule has 5 heteroatoms. The Balaban J connectivity index is 2.28. The second kappa shape index (κ2) is 4.59. The van der Waals surface area contributed by atoms with Crippen LogP contribution in [0.5, 0.6) is 0 Å². The Morgan fingerprint density at radius 2 is 2.44 bits per heavy atom. The van der Waals surface area contributed by atoms with Gasteiger partial charge >= 0.3 is 5.97 Å². The van der Waals surface area contributed by atoms with Gasteiger partial charge in [-0.1, -0.05) is 0 Å². The maximum absolute atomic E-state index is 11.1. The van der Waals surface area contributed by atoms with E-state index in [0.29, 0.717) is 12.3 Å². The maximum atomic E-state index is 11.1. The highest BCUT2D eigenvalue weighted by atomic mass is 79.9. The first-order chi connectivity index (χ1) is 7.58. The van der Waals surface area contributed by atoms with Crippen LogP contribution in [0.4, 0.5) is 0 Å². The quantitative estimate of drug-likeness (QED) is 0.910. The monoisotopic (exact) mass is 287 g/mol. The predicted octanol–water partition coefficient (Wildman–Crippen LogP) is 2.69. The molecule has 1 aromatic rings. The van der Waals surface area contributed by atoms with Crippen molar-refractivity contribution in [3.8, 4) is 0 Å². The van der Waals surface area contributed by atoms with Crippen molar-refractivity contribution in [3.63, 3.8) is 0 Å². The van der Waals surface area contributed by atoms with Gasteiger partial charge in [0.05, 0.1) is 6.10 Å². The van der Waals surface area contributed by atoms with Crippen molar-refractivity contribution < 1.29 is 14.6 Å². The van der Waals surface area contributed by atoms with E-state index >= 15 is 0 Å². The Labute approximate surface area is 102 Å². The lowest BCUT2D eigenvalue weighted by atomic mass is 10.0. The molecule has 0 aromatic carbocycles. The highest BCUT2D eigenvalue weighted by Crippen LogP contribution is 2.28. The van der Waals surface area contributed by atoms with Gasteiger partial charge in [0.15, 0.2) is 0 Å². The van der Waals surface area contributed by atoms with E-state index in [0.717, 1.165) is 17.3 Å². The van der Waals surface area contributed by atoms with Gasteiger partial charge in [0.2, 0.25) is 0 Å². The lowest BCUT2D eigenvalue weighted by Crippen LogP contribution is -2.26. The normalized spacial score (nSPS) is 25.6. The minimum Gasteiger partial charge on any atom is -0.477 e. The fourth-order valence-electron chi connectivity index (χ4n) is 2.15. The van der Waals surface area contributed by atoms with Gasteiger partial charge in [0.1, 0.15) is 5.69 Å². The summed E-state index contributed by atoms with van der Waals surface area (Å²) in [4.78, 5) is 11.1. The number of aromatic nitrogens is 1. The van der Waals surface area contributed by atoms with E-state index in [1.54, 1.807) is 6.07 Å². The molecule has 1 aliphatic rings. The number of ether oxygens (including phenoxy) is 1. The standard InChI is InChI=1S/C11H14BrNO3/c1-7-4-9(2-3-16-7)13-6-8(12)5-10(13)11(14)15/h5-7,9H,2-4H2,1H3,(H,14,15). The smallest absolute Gasteiger partial charge is 0.352 e. The lowest BCUT2D eigenvalue weighted by molar-refractivity contribution is 0.00511. The van der Waals surface area contributed by atoms with E-state index in [9.17, 15) is 4.79 Å². The average Bonchev–Trinajstić information content (AvgIpc) is 2.60. The van der Waals surface area contributed by atoms with Gasteiger partial charge in [-0.25, -0.2) is 4.79 Å². The van der Waals surface area contributed by atoms with Crippen molar-refractivity contribution in [1.82, 2.24) is 4.57 Å². The maximum Gasteiger partial charge on any atom is 0.352 e. The van der Waals surface area contributed by atoms with Crippen LogP contribution >= 0.6 is 15.9 Å². The number of nitrogens with zero attached hydrogens (tertiary/aromatic N) is 1. The van der Waals surface area contributed by atoms with E-state index in [2.05, 4.69) is 15.9 Å². The van der Waals surface area contributed by atoms with Crippen molar-refractivity contribution in [2.75, 3.05) is 6.61 Å². The molecular weight excluding hydrogens is 274 g/mol. The summed E-state index contributed by atoms with van der Waals surface area (Å²) in [6.07, 6.45) is 3.76. The molecule has 0 spiro atoms. The molecule has 2 rings (SSSR count). The van der Waals surface area contributed by atoms with Crippen molar-refractivity contribution in [1.29, 1.82) is 0 Å². The minimum atomic E-state index is -0.884. The topological polar surface area (TPSA) is 51.5 Å². The Bertz CT molecular complexity index is 402. The molecule has 1 aromatic heterocycles. The van der Waals surface area contributed by atoms with Crippen molar-refractivity contribution in [2.45, 2.75) is 31.9 Å². The molecule has 0 amide bonds. The minimum absolute atomic E-state index is 0.196. The highest BCUT2D eigenvalue weighted by molar-refractivity contribution is 9.10. The van der Waals surface area contributed by atoms with E-state index in [1.807, 2.05) is 17.7 Å². The molecule has 1 fully saturated rings. The molecule has 2 atom stereocenters. The number of halogens is 1. The zero-order valence-corrected chi connectivity index (χ0v) is 10.6. The summed E-state index contributed by atoms with van der Waals surface area (Å²) in [6, 6.07) is 1.86. The van der Waals surface area contributed by atoms with Crippen LogP contribution in [0.2, 0.25) is 0 Å². The van der Waals surface area contributed by atoms with Crippen LogP contribution in [0.25, 0.3) is 0 Å². The van der Waals surface area contributed by atoms with Gasteiger partial charge in [0.25, 0.3) is 0 Å². The van der Waals surface area contributed by atoms with E-state index in [-0.39, 0.29) is 12.1 Å². The molecule has 4 nitrogen and oxygen atoms in total. The molecule has 0 radical (unpaired) electrons. The number of rotatable bonds is 2. The zero-order valence-electron chi connectivity index (χ0n) is 9.02. The van der Waals surface area contributed by atoms with Crippen LogP contribution in [0.3, 0.4) is 0 Å². The van der Waals surface area contributed by atoms with Crippen LogP contribution in [-0.4, -0.2) is 28.4 Å². The van der Waals surface area contributed by atoms with E-state index in [1.165, 1.54) is 0 Å². The number of carboxylic acid groups (broad SMARTS) is 1. The molecule has 0 bridgehead atoms. The lowest BCUT2D eigenvalue weighted by Gasteiger charge is -2.29. The Kier molecular flexibility index (Phi) is 3.35. The number of aromatic carboxylic acids is 1. The summed E-state index contributed by atoms with van der Waals surface area (Å²) in [6.45, 7) is 2.71. The van der Waals surface area contributed by atoms with Crippen LogP contribution in [0, 0.1) is 0 Å². The summed E-state index contributed by atoms with van der Waals surface area (Å²) in [5, 5.41) is 9.10. The summed E-state index contributed by atoms with van der Waals surface area (Å²) in [5.41, 5.74) is 0.339. The molecule has 88 valence electrons. The second-order valence-corrected chi connectivity index (χ2v) is 5.03. The third kappa shape index (κ3) is 2.30. The number of carbonyl (C=O) groups is 1. The third-order valence-electron chi connectivity index (χ3n) is 2.89. The summed E-state index contributed by atoms with van der Waals surface area (Å²) in [7, 11) is 0. The molecule has 1 N–H and O–H groups in total. The van der Waals surface area contributed by atoms with Gasteiger partial charge in [-0.2, -0.15) is 0 Å². The van der Waals surface area contributed by atoms with Crippen molar-refractivity contribution in [3.05, 3.63) is 22.4 Å². The SMILES string of the molecule is CC1CC(n2cc(Br)cc2C(=O)O)CCO1. The van der Waals surface area contributed by atoms with E-state index in [4.69, 9.17) is 9.84 Å². The largest absolute Gasteiger partial charge is 0.477 e. The molecule has 1 saturated heterocycles. The molecule has 0 saturated carbocycles. The fraction of sp³-hybridized carbons (Fsp3) is 0.545. The van der Waals surface area contributed by atoms with Gasteiger partial charge in [-0.15, -0.1) is 0 Å². The van der Waals surface area contributed by atoms with Gasteiger partial charge in [0, 0.05) is 23.3 Å². The number of carboxylic acids is 1. The van der Waals surface area contributed by atoms with Crippen LogP contribution in [-0.2, 0) is 4.74 Å². The van der Waals surface area contributed by atoms with Crippen molar-refractivity contribution in [2.24, 2.45) is 0 Å². The highest BCUT2D eigenvalue weighted by Gasteiger charge is 2.24. The van der Waals surface area contributed by atoms with Gasteiger partial charge in [-0.05, 0) is 41.8 Å². The Morgan fingerprint density at radius 3 is 3.06 bits per heavy atom. The molecule has 2 heterocycles. The van der Waals surface area contributed by atoms with Crippen LogP contribution in [0.1, 0.15) is 36.3 Å². The Morgan fingerprint density at radius 1 is 1.69 bits per heavy atom. The second-order valence-electron chi connectivity index (χ2n) is 4.12. The number of hydrogen-bond donors (Lipinski definition) is 1. The van der Waals surface area contributed by atoms with Gasteiger partial charge < -0.3 is 14.4 Å². The summed E-state index contributed by atoms with van der Waals surface area (Å²) >= 11 is 3.32. The first kappa shape index (κ1) is 11.7. The van der Waals surface area contributed by atoms with E-state index < -0.39 is 5.97 Å². The predicted molar refractivity (Wildman–Crippen MR) is 62.8 cm³/mol. The number of hydrogen-bond acceptors (Lipinski definition) is 2. The van der Waals surface area contributed by atoms with Crippen molar-refractivity contribution >= 4 is 21.9 Å². The fourth-order valence-corrected chi connectivity index (χ4v) is 2.58. The average molecular weight is 288 g/mol. The molecule has 0 aliphatic carbocycles. The van der Waals surface area contributed by atoms with Crippen LogP contribution < -0.4 is 0 Å². The summed E-state index contributed by atoms with van der Waals surface area (Å²) in [5.74, 6) is -0.884. The summed E-state index contributed by atoms with van der Waals surface area (Å²) < 4.78 is 8.11. The van der Waals surface area contributed by atoms with Gasteiger partial charge in [-0.3, -0.25) is 0 Å². The van der Waals surface area contributed by atoms with Crippen LogP contribution in [0.15, 0.2) is 16.7 Å². The molecule has 2 unspecified atom stereocenters. The molecule has 1 aliphatic heterocycles.